The summed E-state index contributed by atoms with van der Waals surface area (Å²) in [6, 6.07) is 22.7. The first-order chi connectivity index (χ1) is 14.4. The smallest absolute Gasteiger partial charge is 0.314 e. The third-order valence-corrected chi connectivity index (χ3v) is 6.26. The molecule has 0 aliphatic rings. The van der Waals surface area contributed by atoms with Gasteiger partial charge in [0.25, 0.3) is 0 Å². The zero-order chi connectivity index (χ0) is 21.1. The highest BCUT2D eigenvalue weighted by Crippen LogP contribution is 2.22. The molecular weight excluding hydrogens is 402 g/mol. The second kappa shape index (κ2) is 8.10. The van der Waals surface area contributed by atoms with E-state index >= 15 is 0 Å². The van der Waals surface area contributed by atoms with Crippen LogP contribution in [0.1, 0.15) is 17.2 Å². The lowest BCUT2D eigenvalue weighted by Gasteiger charge is -2.20. The van der Waals surface area contributed by atoms with Gasteiger partial charge in [0.15, 0.2) is 0 Å². The first-order valence-electron chi connectivity index (χ1n) is 9.30. The summed E-state index contributed by atoms with van der Waals surface area (Å²) < 4.78 is 29.0. The zero-order valence-corrected chi connectivity index (χ0v) is 16.6. The van der Waals surface area contributed by atoms with E-state index in [0.29, 0.717) is 11.9 Å². The summed E-state index contributed by atoms with van der Waals surface area (Å²) in [5.74, 6) is 0. The average Bonchev–Trinajstić information content (AvgIpc) is 2.75. The van der Waals surface area contributed by atoms with Gasteiger partial charge in [-0.2, -0.15) is 0 Å². The van der Waals surface area contributed by atoms with Crippen molar-refractivity contribution in [1.82, 2.24) is 14.7 Å². The first-order valence-corrected chi connectivity index (χ1v) is 10.8. The highest BCUT2D eigenvalue weighted by molar-refractivity contribution is 7.89. The Labute approximate surface area is 172 Å². The van der Waals surface area contributed by atoms with Gasteiger partial charge in [0.2, 0.25) is 10.0 Å². The van der Waals surface area contributed by atoms with Crippen LogP contribution in [-0.2, 0) is 16.4 Å². The van der Waals surface area contributed by atoms with Gasteiger partial charge in [-0.25, -0.2) is 13.1 Å². The maximum Gasteiger partial charge on any atom is 0.314 e. The molecule has 0 unspecified atom stereocenters. The molecule has 0 aliphatic heterocycles. The van der Waals surface area contributed by atoms with E-state index in [2.05, 4.69) is 14.7 Å². The van der Waals surface area contributed by atoms with Crippen molar-refractivity contribution in [1.29, 1.82) is 0 Å². The molecule has 8 heteroatoms. The van der Waals surface area contributed by atoms with Crippen LogP contribution in [-0.4, -0.2) is 18.4 Å². The molecule has 3 aromatic carbocycles. The van der Waals surface area contributed by atoms with Gasteiger partial charge in [-0.1, -0.05) is 60.7 Å². The number of nitrogens with one attached hydrogen (secondary N) is 3. The number of aromatic amines is 2. The van der Waals surface area contributed by atoms with E-state index in [4.69, 9.17) is 0 Å². The standard InChI is InChI=1S/C22H19N3O4S/c26-21-22(27)24-20-14-17(11-12-18(20)23-21)30(28,29)25-19(16-9-5-2-6-10-16)13-15-7-3-1-4-8-15/h1-12,14,19,25H,13H2,(H,23,26)(H,24,27)/t19-/m0/s1. The summed E-state index contributed by atoms with van der Waals surface area (Å²) in [5, 5.41) is 0. The molecule has 0 fully saturated rings. The van der Waals surface area contributed by atoms with Crippen LogP contribution in [0.3, 0.4) is 0 Å². The van der Waals surface area contributed by atoms with Gasteiger partial charge >= 0.3 is 11.1 Å². The lowest BCUT2D eigenvalue weighted by Crippen LogP contribution is -2.31. The third kappa shape index (κ3) is 4.24. The van der Waals surface area contributed by atoms with Crippen molar-refractivity contribution in [2.24, 2.45) is 0 Å². The molecule has 0 radical (unpaired) electrons. The highest BCUT2D eigenvalue weighted by Gasteiger charge is 2.22. The molecule has 0 saturated carbocycles. The van der Waals surface area contributed by atoms with E-state index in [0.717, 1.165) is 11.1 Å². The van der Waals surface area contributed by atoms with Gasteiger partial charge in [-0.15, -0.1) is 0 Å². The minimum Gasteiger partial charge on any atom is -0.316 e. The van der Waals surface area contributed by atoms with Crippen LogP contribution in [0, 0.1) is 0 Å². The van der Waals surface area contributed by atoms with Gasteiger partial charge < -0.3 is 9.97 Å². The van der Waals surface area contributed by atoms with Crippen molar-refractivity contribution < 1.29 is 8.42 Å². The van der Waals surface area contributed by atoms with Crippen molar-refractivity contribution in [2.45, 2.75) is 17.4 Å². The van der Waals surface area contributed by atoms with E-state index in [1.54, 1.807) is 0 Å². The Bertz CT molecular complexity index is 1400. The SMILES string of the molecule is O=c1[nH]c2ccc(S(=O)(=O)N[C@@H](Cc3ccccc3)c3ccccc3)cc2[nH]c1=O. The van der Waals surface area contributed by atoms with Crippen LogP contribution in [0.15, 0.2) is 93.3 Å². The molecule has 0 aliphatic carbocycles. The number of rotatable bonds is 6. The summed E-state index contributed by atoms with van der Waals surface area (Å²) in [6.07, 6.45) is 0.474. The van der Waals surface area contributed by atoms with Crippen LogP contribution < -0.4 is 15.8 Å². The van der Waals surface area contributed by atoms with Gasteiger partial charge in [-0.3, -0.25) is 9.59 Å². The Morgan fingerprint density at radius 3 is 2.03 bits per heavy atom. The second-order valence-corrected chi connectivity index (χ2v) is 8.60. The number of sulfonamides is 1. The van der Waals surface area contributed by atoms with E-state index in [-0.39, 0.29) is 10.4 Å². The molecule has 7 nitrogen and oxygen atoms in total. The Morgan fingerprint density at radius 1 is 0.767 bits per heavy atom. The second-order valence-electron chi connectivity index (χ2n) is 6.89. The average molecular weight is 421 g/mol. The van der Waals surface area contributed by atoms with Crippen LogP contribution in [0.4, 0.5) is 0 Å². The number of H-pyrrole nitrogens is 2. The Hall–Kier alpha value is -3.49. The summed E-state index contributed by atoms with van der Waals surface area (Å²) in [5.41, 5.74) is 0.793. The predicted octanol–water partition coefficient (Wildman–Crippen LogP) is 2.48. The molecule has 1 heterocycles. The Kier molecular flexibility index (Phi) is 5.35. The lowest BCUT2D eigenvalue weighted by atomic mass is 10.00. The van der Waals surface area contributed by atoms with Crippen LogP contribution >= 0.6 is 0 Å². The van der Waals surface area contributed by atoms with Crippen LogP contribution in [0.2, 0.25) is 0 Å². The normalized spacial score (nSPS) is 12.7. The summed E-state index contributed by atoms with van der Waals surface area (Å²) in [4.78, 5) is 27.9. The van der Waals surface area contributed by atoms with Crippen LogP contribution in [0.25, 0.3) is 11.0 Å². The van der Waals surface area contributed by atoms with Crippen molar-refractivity contribution in [3.8, 4) is 0 Å². The molecule has 0 amide bonds. The molecule has 0 bridgehead atoms. The Balaban J connectivity index is 1.71. The largest absolute Gasteiger partial charge is 0.316 e. The van der Waals surface area contributed by atoms with E-state index in [1.807, 2.05) is 60.7 Å². The fraction of sp³-hybridized carbons (Fsp3) is 0.0909. The lowest BCUT2D eigenvalue weighted by molar-refractivity contribution is 0.555. The van der Waals surface area contributed by atoms with E-state index in [9.17, 15) is 18.0 Å². The molecule has 1 atom stereocenters. The van der Waals surface area contributed by atoms with Gasteiger partial charge in [0, 0.05) is 0 Å². The number of benzene rings is 3. The van der Waals surface area contributed by atoms with Gasteiger partial charge in [0.1, 0.15) is 0 Å². The van der Waals surface area contributed by atoms with Crippen molar-refractivity contribution >= 4 is 21.1 Å². The molecule has 152 valence electrons. The number of hydrogen-bond donors (Lipinski definition) is 3. The fourth-order valence-corrected chi connectivity index (χ4v) is 4.53. The van der Waals surface area contributed by atoms with Crippen LogP contribution in [0.5, 0.6) is 0 Å². The first kappa shape index (κ1) is 19.8. The fourth-order valence-electron chi connectivity index (χ4n) is 3.28. The summed E-state index contributed by atoms with van der Waals surface area (Å²) in [6.45, 7) is 0. The molecule has 4 rings (SSSR count). The molecule has 30 heavy (non-hydrogen) atoms. The maximum absolute atomic E-state index is 13.1. The molecule has 0 saturated heterocycles. The third-order valence-electron chi connectivity index (χ3n) is 4.79. The minimum absolute atomic E-state index is 0.00769. The van der Waals surface area contributed by atoms with Crippen molar-refractivity contribution in [3.63, 3.8) is 0 Å². The zero-order valence-electron chi connectivity index (χ0n) is 15.8. The number of fused-ring (bicyclic) bond motifs is 1. The highest BCUT2D eigenvalue weighted by atomic mass is 32.2. The predicted molar refractivity (Wildman–Crippen MR) is 115 cm³/mol. The topological polar surface area (TPSA) is 112 Å². The van der Waals surface area contributed by atoms with Gasteiger partial charge in [0.05, 0.1) is 22.0 Å². The quantitative estimate of drug-likeness (QED) is 0.415. The summed E-state index contributed by atoms with van der Waals surface area (Å²) >= 11 is 0. The van der Waals surface area contributed by atoms with E-state index < -0.39 is 27.2 Å². The Morgan fingerprint density at radius 2 is 1.37 bits per heavy atom. The molecule has 4 aromatic rings. The molecular formula is C22H19N3O4S. The molecule has 1 aromatic heterocycles. The maximum atomic E-state index is 13.1. The molecule has 0 spiro atoms. The van der Waals surface area contributed by atoms with Gasteiger partial charge in [-0.05, 0) is 35.7 Å². The summed E-state index contributed by atoms with van der Waals surface area (Å²) in [7, 11) is -3.91. The minimum atomic E-state index is -3.91. The van der Waals surface area contributed by atoms with E-state index in [1.165, 1.54) is 18.2 Å². The monoisotopic (exact) mass is 421 g/mol. The molecule has 3 N–H and O–H groups in total. The van der Waals surface area contributed by atoms with Crippen molar-refractivity contribution in [2.75, 3.05) is 0 Å². The van der Waals surface area contributed by atoms with Crippen molar-refractivity contribution in [3.05, 3.63) is 111 Å². The number of hydrogen-bond acceptors (Lipinski definition) is 4. The number of aromatic nitrogens is 2.